The van der Waals surface area contributed by atoms with E-state index in [9.17, 15) is 0 Å². The van der Waals surface area contributed by atoms with Gasteiger partial charge in [0.15, 0.2) is 0 Å². The number of hydrogen-bond acceptors (Lipinski definition) is 2. The Morgan fingerprint density at radius 3 is 1.85 bits per heavy atom. The molecule has 0 spiro atoms. The fraction of sp³-hybridized carbons (Fsp3) is 0. The Labute approximate surface area is 279 Å². The highest BCUT2D eigenvalue weighted by Gasteiger charge is 2.25. The highest BCUT2D eigenvalue weighted by atomic mass is 16.3. The maximum Gasteiger partial charge on any atom is 0.137 e. The molecule has 0 N–H and O–H groups in total. The zero-order valence-corrected chi connectivity index (χ0v) is 26.3. The summed E-state index contributed by atoms with van der Waals surface area (Å²) in [6, 6.07) is 67.0. The molecule has 1 aromatic heterocycles. The maximum absolute atomic E-state index is 6.53. The monoisotopic (exact) mass is 613 g/mol. The Morgan fingerprint density at radius 2 is 1.02 bits per heavy atom. The van der Waals surface area contributed by atoms with E-state index in [0.29, 0.717) is 0 Å². The lowest BCUT2D eigenvalue weighted by Crippen LogP contribution is -2.13. The van der Waals surface area contributed by atoms with Crippen LogP contribution < -0.4 is 4.90 Å². The minimum Gasteiger partial charge on any atom is -0.456 e. The average Bonchev–Trinajstić information content (AvgIpc) is 3.55. The fourth-order valence-electron chi connectivity index (χ4n) is 6.99. The SMILES string of the molecule is c1ccc(-c2ccccc2N(c2cccc(-c3ccc4ccccc4c3)c2)c2c(-c3ccccc3)ccc3oc4ccccc4c23)cc1. The first-order valence-corrected chi connectivity index (χ1v) is 16.4. The Bertz CT molecular complexity index is 2560. The van der Waals surface area contributed by atoms with Crippen molar-refractivity contribution in [2.45, 2.75) is 0 Å². The molecule has 226 valence electrons. The van der Waals surface area contributed by atoms with Gasteiger partial charge in [0.25, 0.3) is 0 Å². The molecule has 0 unspecified atom stereocenters. The van der Waals surface area contributed by atoms with E-state index >= 15 is 0 Å². The molecule has 0 fully saturated rings. The number of nitrogens with zero attached hydrogens (tertiary/aromatic N) is 1. The molecule has 0 saturated heterocycles. The molecule has 0 radical (unpaired) electrons. The summed E-state index contributed by atoms with van der Waals surface area (Å²) in [5.74, 6) is 0. The van der Waals surface area contributed by atoms with Crippen LogP contribution in [0.25, 0.3) is 66.1 Å². The van der Waals surface area contributed by atoms with Gasteiger partial charge in [0.05, 0.1) is 16.8 Å². The standard InChI is InChI=1S/C46H31NO/c1-3-15-33(16-4-1)39-22-9-11-24-42(39)47(38-21-13-20-36(31-38)37-27-26-32-14-7-8-19-35(32)30-37)46-40(34-17-5-2-6-18-34)28-29-44-45(46)41-23-10-12-25-43(41)48-44/h1-31H. The van der Waals surface area contributed by atoms with Gasteiger partial charge >= 0.3 is 0 Å². The minimum atomic E-state index is 0.860. The Kier molecular flexibility index (Phi) is 6.84. The molecule has 2 nitrogen and oxygen atoms in total. The maximum atomic E-state index is 6.53. The van der Waals surface area contributed by atoms with Crippen LogP contribution in [0.5, 0.6) is 0 Å². The Balaban J connectivity index is 1.38. The molecular weight excluding hydrogens is 583 g/mol. The number of fused-ring (bicyclic) bond motifs is 4. The van der Waals surface area contributed by atoms with E-state index < -0.39 is 0 Å². The Hall–Kier alpha value is -6.38. The van der Waals surface area contributed by atoms with Crippen molar-refractivity contribution in [2.24, 2.45) is 0 Å². The quantitative estimate of drug-likeness (QED) is 0.185. The topological polar surface area (TPSA) is 16.4 Å². The Morgan fingerprint density at radius 1 is 0.375 bits per heavy atom. The third-order valence-electron chi connectivity index (χ3n) is 9.24. The van der Waals surface area contributed by atoms with Crippen molar-refractivity contribution in [3.05, 3.63) is 188 Å². The molecule has 9 aromatic rings. The lowest BCUT2D eigenvalue weighted by atomic mass is 9.95. The summed E-state index contributed by atoms with van der Waals surface area (Å²) in [7, 11) is 0. The van der Waals surface area contributed by atoms with Gasteiger partial charge in [0.2, 0.25) is 0 Å². The molecule has 0 amide bonds. The second-order valence-corrected chi connectivity index (χ2v) is 12.1. The second-order valence-electron chi connectivity index (χ2n) is 12.1. The molecule has 48 heavy (non-hydrogen) atoms. The number of benzene rings is 8. The number of furan rings is 1. The van der Waals surface area contributed by atoms with Crippen LogP contribution in [0.3, 0.4) is 0 Å². The van der Waals surface area contributed by atoms with E-state index in [1.54, 1.807) is 0 Å². The van der Waals surface area contributed by atoms with Crippen LogP contribution in [0.1, 0.15) is 0 Å². The molecule has 2 heteroatoms. The van der Waals surface area contributed by atoms with Crippen molar-refractivity contribution in [1.29, 1.82) is 0 Å². The average molecular weight is 614 g/mol. The van der Waals surface area contributed by atoms with Crippen LogP contribution >= 0.6 is 0 Å². The van der Waals surface area contributed by atoms with Crippen molar-refractivity contribution < 1.29 is 4.42 Å². The highest BCUT2D eigenvalue weighted by Crippen LogP contribution is 2.50. The molecule has 0 aliphatic rings. The second kappa shape index (κ2) is 11.8. The van der Waals surface area contributed by atoms with E-state index in [-0.39, 0.29) is 0 Å². The molecule has 0 aliphatic heterocycles. The van der Waals surface area contributed by atoms with Crippen LogP contribution in [0.15, 0.2) is 192 Å². The number of rotatable bonds is 6. The summed E-state index contributed by atoms with van der Waals surface area (Å²) in [5, 5.41) is 4.65. The first-order chi connectivity index (χ1) is 23.8. The van der Waals surface area contributed by atoms with Crippen LogP contribution in [0.4, 0.5) is 17.1 Å². The number of anilines is 3. The van der Waals surface area contributed by atoms with E-state index in [1.807, 2.05) is 6.07 Å². The summed E-state index contributed by atoms with van der Waals surface area (Å²) in [6.07, 6.45) is 0. The van der Waals surface area contributed by atoms with E-state index in [1.165, 1.54) is 16.3 Å². The first kappa shape index (κ1) is 27.9. The van der Waals surface area contributed by atoms with Crippen LogP contribution in [-0.2, 0) is 0 Å². The minimum absolute atomic E-state index is 0.860. The van der Waals surface area contributed by atoms with Crippen molar-refractivity contribution in [2.75, 3.05) is 4.90 Å². The number of para-hydroxylation sites is 2. The van der Waals surface area contributed by atoms with Gasteiger partial charge in [-0.3, -0.25) is 0 Å². The summed E-state index contributed by atoms with van der Waals surface area (Å²) < 4.78 is 6.53. The molecule has 9 rings (SSSR count). The summed E-state index contributed by atoms with van der Waals surface area (Å²) in [6.45, 7) is 0. The van der Waals surface area contributed by atoms with Gasteiger partial charge in [-0.05, 0) is 75.5 Å². The van der Waals surface area contributed by atoms with Gasteiger partial charge < -0.3 is 9.32 Å². The summed E-state index contributed by atoms with van der Waals surface area (Å²) in [4.78, 5) is 2.44. The third-order valence-corrected chi connectivity index (χ3v) is 9.24. The zero-order chi connectivity index (χ0) is 31.9. The summed E-state index contributed by atoms with van der Waals surface area (Å²) >= 11 is 0. The highest BCUT2D eigenvalue weighted by molar-refractivity contribution is 6.17. The van der Waals surface area contributed by atoms with Gasteiger partial charge in [-0.1, -0.05) is 146 Å². The van der Waals surface area contributed by atoms with Crippen molar-refractivity contribution >= 4 is 49.8 Å². The third kappa shape index (κ3) is 4.83. The van der Waals surface area contributed by atoms with Crippen molar-refractivity contribution in [3.63, 3.8) is 0 Å². The van der Waals surface area contributed by atoms with E-state index in [4.69, 9.17) is 4.42 Å². The molecular formula is C46H31NO. The van der Waals surface area contributed by atoms with Crippen LogP contribution in [-0.4, -0.2) is 0 Å². The lowest BCUT2D eigenvalue weighted by molar-refractivity contribution is 0.669. The predicted molar refractivity (Wildman–Crippen MR) is 202 cm³/mol. The van der Waals surface area contributed by atoms with Crippen molar-refractivity contribution in [1.82, 2.24) is 0 Å². The van der Waals surface area contributed by atoms with E-state index in [0.717, 1.165) is 66.8 Å². The normalized spacial score (nSPS) is 11.3. The van der Waals surface area contributed by atoms with E-state index in [2.05, 4.69) is 187 Å². The van der Waals surface area contributed by atoms with Gasteiger partial charge in [-0.2, -0.15) is 0 Å². The molecule has 1 heterocycles. The smallest absolute Gasteiger partial charge is 0.137 e. The molecule has 0 aliphatic carbocycles. The zero-order valence-electron chi connectivity index (χ0n) is 26.3. The van der Waals surface area contributed by atoms with Gasteiger partial charge in [-0.25, -0.2) is 0 Å². The molecule has 0 bridgehead atoms. The molecule has 0 atom stereocenters. The predicted octanol–water partition coefficient (Wildman–Crippen LogP) is 13.2. The number of hydrogen-bond donors (Lipinski definition) is 0. The lowest BCUT2D eigenvalue weighted by Gasteiger charge is -2.31. The van der Waals surface area contributed by atoms with Gasteiger partial charge in [-0.15, -0.1) is 0 Å². The molecule has 8 aromatic carbocycles. The van der Waals surface area contributed by atoms with Gasteiger partial charge in [0, 0.05) is 22.2 Å². The van der Waals surface area contributed by atoms with Crippen LogP contribution in [0.2, 0.25) is 0 Å². The first-order valence-electron chi connectivity index (χ1n) is 16.4. The summed E-state index contributed by atoms with van der Waals surface area (Å²) in [5.41, 5.74) is 11.9. The van der Waals surface area contributed by atoms with Crippen molar-refractivity contribution in [3.8, 4) is 33.4 Å². The van der Waals surface area contributed by atoms with Crippen LogP contribution in [0, 0.1) is 0 Å². The van der Waals surface area contributed by atoms with Gasteiger partial charge in [0.1, 0.15) is 11.2 Å². The molecule has 0 saturated carbocycles. The fourth-order valence-corrected chi connectivity index (χ4v) is 6.99. The largest absolute Gasteiger partial charge is 0.456 e.